The molecule has 10 heteroatoms. The zero-order chi connectivity index (χ0) is 17.4. The van der Waals surface area contributed by atoms with Crippen molar-refractivity contribution in [1.29, 1.82) is 0 Å². The Kier molecular flexibility index (Phi) is 4.55. The molecule has 2 aromatic heterocycles. The number of amides is 2. The van der Waals surface area contributed by atoms with E-state index in [4.69, 9.17) is 0 Å². The van der Waals surface area contributed by atoms with Crippen LogP contribution in [-0.2, 0) is 4.79 Å². The van der Waals surface area contributed by atoms with Gasteiger partial charge in [0.1, 0.15) is 6.04 Å². The third kappa shape index (κ3) is 3.08. The van der Waals surface area contributed by atoms with Gasteiger partial charge in [0.25, 0.3) is 11.7 Å². The molecule has 25 heavy (non-hydrogen) atoms. The average Bonchev–Trinajstić information content (AvgIpc) is 3.29. The topological polar surface area (TPSA) is 83.7 Å². The number of carbonyl (C=O) groups excluding carboxylic acids is 2. The van der Waals surface area contributed by atoms with Crippen LogP contribution in [0.15, 0.2) is 12.3 Å². The van der Waals surface area contributed by atoms with Crippen LogP contribution in [0.4, 0.5) is 0 Å². The molecule has 0 radical (unpaired) electrons. The molecule has 1 unspecified atom stereocenters. The van der Waals surface area contributed by atoms with E-state index in [9.17, 15) is 9.59 Å². The van der Waals surface area contributed by atoms with Gasteiger partial charge in [0.15, 0.2) is 0 Å². The minimum atomic E-state index is -0.429. The highest BCUT2D eigenvalue weighted by molar-refractivity contribution is 7.99. The van der Waals surface area contributed by atoms with Crippen LogP contribution in [0.3, 0.4) is 0 Å². The summed E-state index contributed by atoms with van der Waals surface area (Å²) in [6.45, 7) is 3.38. The van der Waals surface area contributed by atoms with Crippen molar-refractivity contribution in [3.05, 3.63) is 23.8 Å². The Morgan fingerprint density at radius 2 is 2.04 bits per heavy atom. The van der Waals surface area contributed by atoms with Crippen LogP contribution in [0.1, 0.15) is 16.3 Å². The minimum absolute atomic E-state index is 0.0386. The van der Waals surface area contributed by atoms with E-state index in [1.54, 1.807) is 27.4 Å². The second-order valence-corrected chi connectivity index (χ2v) is 8.19. The quantitative estimate of drug-likeness (QED) is 0.753. The molecule has 8 nitrogen and oxygen atoms in total. The van der Waals surface area contributed by atoms with Crippen molar-refractivity contribution in [2.24, 2.45) is 0 Å². The Morgan fingerprint density at radius 1 is 1.24 bits per heavy atom. The minimum Gasteiger partial charge on any atom is -0.339 e. The molecule has 4 heterocycles. The van der Waals surface area contributed by atoms with E-state index in [0.717, 1.165) is 30.3 Å². The van der Waals surface area contributed by atoms with Gasteiger partial charge in [-0.25, -0.2) is 9.50 Å². The van der Waals surface area contributed by atoms with Gasteiger partial charge in [-0.1, -0.05) is 0 Å². The first-order chi connectivity index (χ1) is 12.1. The molecule has 2 aliphatic heterocycles. The molecule has 0 saturated carbocycles. The maximum atomic E-state index is 12.9. The smallest absolute Gasteiger partial charge is 0.295 e. The van der Waals surface area contributed by atoms with Gasteiger partial charge in [-0.2, -0.15) is 16.7 Å². The van der Waals surface area contributed by atoms with Gasteiger partial charge in [0.05, 0.1) is 5.88 Å². The van der Waals surface area contributed by atoms with E-state index in [0.29, 0.717) is 17.4 Å². The number of aryl methyl sites for hydroxylation is 1. The zero-order valence-electron chi connectivity index (χ0n) is 13.8. The van der Waals surface area contributed by atoms with Crippen molar-refractivity contribution < 1.29 is 9.59 Å². The largest absolute Gasteiger partial charge is 0.339 e. The fourth-order valence-corrected chi connectivity index (χ4v) is 5.02. The van der Waals surface area contributed by atoms with Gasteiger partial charge in [-0.05, 0) is 13.0 Å². The molecule has 4 rings (SSSR count). The first kappa shape index (κ1) is 16.6. The molecule has 0 aromatic carbocycles. The van der Waals surface area contributed by atoms with Crippen molar-refractivity contribution in [2.45, 2.75) is 13.0 Å². The second-order valence-electron chi connectivity index (χ2n) is 5.96. The average molecular weight is 378 g/mol. The summed E-state index contributed by atoms with van der Waals surface area (Å²) in [5, 5.41) is 4.28. The molecule has 132 valence electrons. The molecule has 0 spiro atoms. The van der Waals surface area contributed by atoms with Gasteiger partial charge in [0.2, 0.25) is 11.7 Å². The third-order valence-electron chi connectivity index (χ3n) is 4.37. The summed E-state index contributed by atoms with van der Waals surface area (Å²) in [4.78, 5) is 37.6. The first-order valence-electron chi connectivity index (χ1n) is 8.09. The number of aromatic nitrogens is 4. The Hall–Kier alpha value is -1.81. The summed E-state index contributed by atoms with van der Waals surface area (Å²) in [7, 11) is 0. The summed E-state index contributed by atoms with van der Waals surface area (Å²) in [5.41, 5.74) is 0.853. The molecular weight excluding hydrogens is 360 g/mol. The van der Waals surface area contributed by atoms with Crippen molar-refractivity contribution in [2.75, 3.05) is 36.2 Å². The SMILES string of the molecule is Cc1ccnc2nc(C(=O)N3CSCC3C(=O)N3CCSCC3)nn12. The van der Waals surface area contributed by atoms with Crippen LogP contribution in [0.2, 0.25) is 0 Å². The molecule has 2 aliphatic rings. The van der Waals surface area contributed by atoms with Crippen LogP contribution in [0.5, 0.6) is 0 Å². The maximum Gasteiger partial charge on any atom is 0.295 e. The first-order valence-corrected chi connectivity index (χ1v) is 10.4. The summed E-state index contributed by atoms with van der Waals surface area (Å²) in [5.74, 6) is 3.24. The van der Waals surface area contributed by atoms with Gasteiger partial charge in [0, 0.05) is 42.2 Å². The maximum absolute atomic E-state index is 12.9. The van der Waals surface area contributed by atoms with Crippen LogP contribution >= 0.6 is 23.5 Å². The molecule has 0 N–H and O–H groups in total. The molecule has 2 aromatic rings. The van der Waals surface area contributed by atoms with Crippen LogP contribution in [-0.4, -0.2) is 83.5 Å². The fourth-order valence-electron chi connectivity index (χ4n) is 2.97. The lowest BCUT2D eigenvalue weighted by Gasteiger charge is -2.31. The predicted octanol–water partition coefficient (Wildman–Crippen LogP) is 0.523. The van der Waals surface area contributed by atoms with E-state index in [-0.39, 0.29) is 17.6 Å². The number of hydrogen-bond acceptors (Lipinski definition) is 7. The highest BCUT2D eigenvalue weighted by Gasteiger charge is 2.39. The van der Waals surface area contributed by atoms with Crippen LogP contribution < -0.4 is 0 Å². The highest BCUT2D eigenvalue weighted by atomic mass is 32.2. The Labute approximate surface area is 153 Å². The van der Waals surface area contributed by atoms with E-state index in [1.807, 2.05) is 29.7 Å². The summed E-state index contributed by atoms with van der Waals surface area (Å²) in [6.07, 6.45) is 1.64. The fraction of sp³-hybridized carbons (Fsp3) is 0.533. The van der Waals surface area contributed by atoms with E-state index in [2.05, 4.69) is 15.1 Å². The molecule has 1 atom stereocenters. The van der Waals surface area contributed by atoms with Crippen molar-refractivity contribution in [3.63, 3.8) is 0 Å². The van der Waals surface area contributed by atoms with Gasteiger partial charge in [-0.3, -0.25) is 9.59 Å². The summed E-state index contributed by atoms with van der Waals surface area (Å²) in [6, 6.07) is 1.38. The van der Waals surface area contributed by atoms with Gasteiger partial charge in [-0.15, -0.1) is 16.9 Å². The molecule has 2 amide bonds. The van der Waals surface area contributed by atoms with Crippen LogP contribution in [0.25, 0.3) is 5.78 Å². The van der Waals surface area contributed by atoms with Gasteiger partial charge >= 0.3 is 0 Å². The normalized spacial score (nSPS) is 21.1. The monoisotopic (exact) mass is 378 g/mol. The molecule has 0 aliphatic carbocycles. The lowest BCUT2D eigenvalue weighted by atomic mass is 10.2. The Balaban J connectivity index is 1.57. The van der Waals surface area contributed by atoms with E-state index >= 15 is 0 Å². The predicted molar refractivity (Wildman–Crippen MR) is 96.7 cm³/mol. The van der Waals surface area contributed by atoms with Crippen LogP contribution in [0, 0.1) is 6.92 Å². The number of nitrogens with zero attached hydrogens (tertiary/aromatic N) is 6. The zero-order valence-corrected chi connectivity index (χ0v) is 15.4. The number of carbonyl (C=O) groups is 2. The van der Waals surface area contributed by atoms with Crippen molar-refractivity contribution >= 4 is 41.1 Å². The Bertz CT molecular complexity index is 819. The molecule has 2 saturated heterocycles. The van der Waals surface area contributed by atoms with E-state index in [1.165, 1.54) is 0 Å². The number of fused-ring (bicyclic) bond motifs is 1. The standard InChI is InChI=1S/C15H18N6O2S2/c1-10-2-3-16-15-17-12(18-21(10)15)14(23)20-9-25-8-11(20)13(22)19-4-6-24-7-5-19/h2-3,11H,4-9H2,1H3. The van der Waals surface area contributed by atoms with Crippen molar-refractivity contribution in [3.8, 4) is 0 Å². The number of hydrogen-bond donors (Lipinski definition) is 0. The molecule has 2 fully saturated rings. The lowest BCUT2D eigenvalue weighted by molar-refractivity contribution is -0.134. The highest BCUT2D eigenvalue weighted by Crippen LogP contribution is 2.25. The molecule has 0 bridgehead atoms. The van der Waals surface area contributed by atoms with E-state index < -0.39 is 6.04 Å². The number of rotatable bonds is 2. The lowest BCUT2D eigenvalue weighted by Crippen LogP contribution is -2.51. The Morgan fingerprint density at radius 3 is 2.80 bits per heavy atom. The second kappa shape index (κ2) is 6.83. The summed E-state index contributed by atoms with van der Waals surface area (Å²) >= 11 is 3.45. The third-order valence-corrected chi connectivity index (χ3v) is 6.33. The molecular formula is C15H18N6O2S2. The number of thioether (sulfide) groups is 2. The van der Waals surface area contributed by atoms with Crippen molar-refractivity contribution in [1.82, 2.24) is 29.4 Å². The summed E-state index contributed by atoms with van der Waals surface area (Å²) < 4.78 is 1.55. The van der Waals surface area contributed by atoms with Gasteiger partial charge < -0.3 is 9.80 Å².